The third-order valence-corrected chi connectivity index (χ3v) is 4.21. The van der Waals surface area contributed by atoms with E-state index in [1.807, 2.05) is 44.2 Å². The Bertz CT molecular complexity index is 887. The molecule has 0 saturated carbocycles. The number of hydrogen-bond donors (Lipinski definition) is 1. The van der Waals surface area contributed by atoms with Crippen LogP contribution in [0.5, 0.6) is 11.5 Å². The van der Waals surface area contributed by atoms with Crippen LogP contribution in [0.15, 0.2) is 66.7 Å². The summed E-state index contributed by atoms with van der Waals surface area (Å²) >= 11 is 6.00. The Morgan fingerprint density at radius 1 is 0.880 bits per heavy atom. The third kappa shape index (κ3) is 4.40. The zero-order valence-corrected chi connectivity index (χ0v) is 14.8. The highest BCUT2D eigenvalue weighted by Crippen LogP contribution is 2.23. The quantitative estimate of drug-likeness (QED) is 0.625. The van der Waals surface area contributed by atoms with Crippen molar-refractivity contribution in [3.8, 4) is 11.5 Å². The van der Waals surface area contributed by atoms with Crippen LogP contribution >= 0.6 is 11.6 Å². The molecule has 0 fully saturated rings. The Morgan fingerprint density at radius 3 is 2.08 bits per heavy atom. The Hall–Kier alpha value is -2.78. The molecule has 1 amide bonds. The van der Waals surface area contributed by atoms with E-state index in [0.717, 1.165) is 11.3 Å². The third-order valence-electron chi connectivity index (χ3n) is 3.79. The number of carbonyl (C=O) groups excluding carboxylic acids is 1. The number of rotatable bonds is 4. The molecule has 3 rings (SSSR count). The van der Waals surface area contributed by atoms with Gasteiger partial charge in [-0.3, -0.25) is 4.79 Å². The molecule has 4 heteroatoms. The normalized spacial score (nSPS) is 10.4. The van der Waals surface area contributed by atoms with Crippen LogP contribution < -0.4 is 10.1 Å². The van der Waals surface area contributed by atoms with Crippen molar-refractivity contribution >= 4 is 23.2 Å². The van der Waals surface area contributed by atoms with Gasteiger partial charge >= 0.3 is 0 Å². The maximum absolute atomic E-state index is 12.3. The molecule has 126 valence electrons. The summed E-state index contributed by atoms with van der Waals surface area (Å²) in [5.41, 5.74) is 3.37. The minimum absolute atomic E-state index is 0.177. The van der Waals surface area contributed by atoms with E-state index in [1.165, 1.54) is 5.56 Å². The van der Waals surface area contributed by atoms with Gasteiger partial charge in [-0.25, -0.2) is 0 Å². The summed E-state index contributed by atoms with van der Waals surface area (Å²) in [6.45, 7) is 3.93. The van der Waals surface area contributed by atoms with E-state index < -0.39 is 0 Å². The lowest BCUT2D eigenvalue weighted by molar-refractivity contribution is 0.102. The number of aryl methyl sites for hydroxylation is 2. The molecule has 25 heavy (non-hydrogen) atoms. The van der Waals surface area contributed by atoms with Crippen molar-refractivity contribution in [2.75, 3.05) is 5.32 Å². The standard InChI is InChI=1S/C21H18ClNO2/c1-14-3-8-18(9-4-14)25-19-10-5-16(6-11-19)21(24)23-17-7-12-20(22)15(2)13-17/h3-13H,1-2H3,(H,23,24). The first-order chi connectivity index (χ1) is 12.0. The Kier molecular flexibility index (Phi) is 5.05. The molecule has 3 aromatic carbocycles. The molecule has 0 bridgehead atoms. The SMILES string of the molecule is Cc1ccc(Oc2ccc(C(=O)Nc3ccc(Cl)c(C)c3)cc2)cc1. The number of carbonyl (C=O) groups is 1. The summed E-state index contributed by atoms with van der Waals surface area (Å²) in [5.74, 6) is 1.27. The van der Waals surface area contributed by atoms with Gasteiger partial charge in [0.25, 0.3) is 5.91 Å². The molecule has 0 spiro atoms. The first-order valence-electron chi connectivity index (χ1n) is 7.93. The molecule has 0 radical (unpaired) electrons. The zero-order chi connectivity index (χ0) is 17.8. The average molecular weight is 352 g/mol. The largest absolute Gasteiger partial charge is 0.457 e. The maximum Gasteiger partial charge on any atom is 0.255 e. The van der Waals surface area contributed by atoms with Gasteiger partial charge in [-0.1, -0.05) is 29.3 Å². The van der Waals surface area contributed by atoms with Crippen molar-refractivity contribution in [2.45, 2.75) is 13.8 Å². The van der Waals surface area contributed by atoms with Crippen LogP contribution in [0, 0.1) is 13.8 Å². The van der Waals surface area contributed by atoms with Gasteiger partial charge in [0, 0.05) is 16.3 Å². The van der Waals surface area contributed by atoms with Gasteiger partial charge in [0.05, 0.1) is 0 Å². The van der Waals surface area contributed by atoms with Crippen LogP contribution in [0.1, 0.15) is 21.5 Å². The lowest BCUT2D eigenvalue weighted by atomic mass is 10.2. The van der Waals surface area contributed by atoms with Gasteiger partial charge in [-0.2, -0.15) is 0 Å². The fraction of sp³-hybridized carbons (Fsp3) is 0.0952. The number of halogens is 1. The number of ether oxygens (including phenoxy) is 1. The smallest absolute Gasteiger partial charge is 0.255 e. The van der Waals surface area contributed by atoms with E-state index in [9.17, 15) is 4.79 Å². The average Bonchev–Trinajstić information content (AvgIpc) is 2.61. The van der Waals surface area contributed by atoms with Crippen molar-refractivity contribution in [1.82, 2.24) is 0 Å². The van der Waals surface area contributed by atoms with E-state index in [4.69, 9.17) is 16.3 Å². The molecular weight excluding hydrogens is 334 g/mol. The van der Waals surface area contributed by atoms with Crippen LogP contribution in [-0.4, -0.2) is 5.91 Å². The summed E-state index contributed by atoms with van der Waals surface area (Å²) in [6, 6.07) is 20.2. The molecule has 0 unspecified atom stereocenters. The molecule has 0 saturated heterocycles. The summed E-state index contributed by atoms with van der Waals surface area (Å²) in [7, 11) is 0. The highest BCUT2D eigenvalue weighted by molar-refractivity contribution is 6.31. The molecular formula is C21H18ClNO2. The topological polar surface area (TPSA) is 38.3 Å². The number of hydrogen-bond acceptors (Lipinski definition) is 2. The summed E-state index contributed by atoms with van der Waals surface area (Å²) < 4.78 is 5.77. The molecule has 0 atom stereocenters. The minimum Gasteiger partial charge on any atom is -0.457 e. The predicted molar refractivity (Wildman–Crippen MR) is 102 cm³/mol. The first-order valence-corrected chi connectivity index (χ1v) is 8.31. The molecule has 3 nitrogen and oxygen atoms in total. The van der Waals surface area contributed by atoms with Crippen molar-refractivity contribution in [1.29, 1.82) is 0 Å². The van der Waals surface area contributed by atoms with E-state index in [2.05, 4.69) is 5.32 Å². The number of anilines is 1. The molecule has 0 aliphatic heterocycles. The van der Waals surface area contributed by atoms with Crippen LogP contribution in [-0.2, 0) is 0 Å². The van der Waals surface area contributed by atoms with Gasteiger partial charge in [-0.15, -0.1) is 0 Å². The van der Waals surface area contributed by atoms with Gasteiger partial charge in [0.15, 0.2) is 0 Å². The molecule has 3 aromatic rings. The van der Waals surface area contributed by atoms with E-state index in [1.54, 1.807) is 36.4 Å². The fourth-order valence-corrected chi connectivity index (χ4v) is 2.46. The highest BCUT2D eigenvalue weighted by Gasteiger charge is 2.07. The molecule has 0 aromatic heterocycles. The van der Waals surface area contributed by atoms with Crippen molar-refractivity contribution in [2.24, 2.45) is 0 Å². The lowest BCUT2D eigenvalue weighted by Gasteiger charge is -2.09. The van der Waals surface area contributed by atoms with Crippen molar-refractivity contribution < 1.29 is 9.53 Å². The molecule has 1 N–H and O–H groups in total. The summed E-state index contributed by atoms with van der Waals surface area (Å²) in [5, 5.41) is 3.54. The van der Waals surface area contributed by atoms with Crippen molar-refractivity contribution in [3.63, 3.8) is 0 Å². The summed E-state index contributed by atoms with van der Waals surface area (Å²) in [4.78, 5) is 12.3. The Morgan fingerprint density at radius 2 is 1.48 bits per heavy atom. The highest BCUT2D eigenvalue weighted by atomic mass is 35.5. The first kappa shape index (κ1) is 17.1. The maximum atomic E-state index is 12.3. The van der Waals surface area contributed by atoms with E-state index >= 15 is 0 Å². The number of nitrogens with one attached hydrogen (secondary N) is 1. The van der Waals surface area contributed by atoms with Crippen LogP contribution in [0.3, 0.4) is 0 Å². The zero-order valence-electron chi connectivity index (χ0n) is 14.0. The predicted octanol–water partition coefficient (Wildman–Crippen LogP) is 6.00. The van der Waals surface area contributed by atoms with Crippen LogP contribution in [0.2, 0.25) is 5.02 Å². The van der Waals surface area contributed by atoms with E-state index in [-0.39, 0.29) is 5.91 Å². The fourth-order valence-electron chi connectivity index (χ4n) is 2.34. The number of benzene rings is 3. The second-order valence-corrected chi connectivity index (χ2v) is 6.26. The Balaban J connectivity index is 1.67. The monoisotopic (exact) mass is 351 g/mol. The summed E-state index contributed by atoms with van der Waals surface area (Å²) in [6.07, 6.45) is 0. The second-order valence-electron chi connectivity index (χ2n) is 5.86. The Labute approximate surface area is 152 Å². The van der Waals surface area contributed by atoms with Gasteiger partial charge in [-0.05, 0) is 74.0 Å². The number of amides is 1. The van der Waals surface area contributed by atoms with Gasteiger partial charge in [0.1, 0.15) is 11.5 Å². The van der Waals surface area contributed by atoms with Crippen LogP contribution in [0.25, 0.3) is 0 Å². The molecule has 0 aliphatic carbocycles. The van der Waals surface area contributed by atoms with Crippen LogP contribution in [0.4, 0.5) is 5.69 Å². The van der Waals surface area contributed by atoms with Gasteiger partial charge < -0.3 is 10.1 Å². The minimum atomic E-state index is -0.177. The second kappa shape index (κ2) is 7.41. The van der Waals surface area contributed by atoms with E-state index in [0.29, 0.717) is 22.0 Å². The lowest BCUT2D eigenvalue weighted by Crippen LogP contribution is -2.11. The molecule has 0 heterocycles. The van der Waals surface area contributed by atoms with Crippen molar-refractivity contribution in [3.05, 3.63) is 88.4 Å². The molecule has 0 aliphatic rings. The van der Waals surface area contributed by atoms with Gasteiger partial charge in [0.2, 0.25) is 0 Å².